The Labute approximate surface area is 106 Å². The Kier molecular flexibility index (Phi) is 3.63. The molecule has 0 saturated carbocycles. The van der Waals surface area contributed by atoms with Crippen molar-refractivity contribution in [3.05, 3.63) is 47.3 Å². The second-order valence-electron chi connectivity index (χ2n) is 3.96. The highest BCUT2D eigenvalue weighted by Gasteiger charge is 2.15. The predicted molar refractivity (Wildman–Crippen MR) is 68.1 cm³/mol. The van der Waals surface area contributed by atoms with Crippen molar-refractivity contribution >= 4 is 0 Å². The molecule has 0 amide bonds. The molecule has 92 valence electrons. The van der Waals surface area contributed by atoms with Gasteiger partial charge in [-0.15, -0.1) is 0 Å². The normalized spacial score (nSPS) is 10.1. The minimum absolute atomic E-state index is 0.450. The minimum atomic E-state index is 0.450. The van der Waals surface area contributed by atoms with Crippen LogP contribution in [0.2, 0.25) is 0 Å². The fraction of sp³-hybridized carbons (Fsp3) is 0.286. The second kappa shape index (κ2) is 5.37. The summed E-state index contributed by atoms with van der Waals surface area (Å²) in [5.74, 6) is 0.586. The first-order valence-corrected chi connectivity index (χ1v) is 5.90. The molecule has 1 aromatic carbocycles. The van der Waals surface area contributed by atoms with Gasteiger partial charge in [-0.25, -0.2) is 0 Å². The lowest BCUT2D eigenvalue weighted by atomic mass is 10.2. The average Bonchev–Trinajstić information content (AvgIpc) is 2.73. The van der Waals surface area contributed by atoms with Crippen LogP contribution >= 0.6 is 0 Å². The zero-order chi connectivity index (χ0) is 13.0. The van der Waals surface area contributed by atoms with Gasteiger partial charge in [-0.05, 0) is 19.4 Å². The fourth-order valence-corrected chi connectivity index (χ4v) is 1.80. The summed E-state index contributed by atoms with van der Waals surface area (Å²) in [6.07, 6.45) is 0. The zero-order valence-electron chi connectivity index (χ0n) is 10.6. The number of nitrogens with zero attached hydrogens (tertiary/aromatic N) is 3. The van der Waals surface area contributed by atoms with Crippen molar-refractivity contribution in [2.75, 3.05) is 0 Å². The Balaban J connectivity index is 2.20. The van der Waals surface area contributed by atoms with Crippen LogP contribution in [0.25, 0.3) is 0 Å². The molecule has 0 radical (unpaired) electrons. The Morgan fingerprint density at radius 1 is 1.33 bits per heavy atom. The van der Waals surface area contributed by atoms with E-state index in [0.29, 0.717) is 24.6 Å². The van der Waals surface area contributed by atoms with Gasteiger partial charge in [-0.2, -0.15) is 10.4 Å². The van der Waals surface area contributed by atoms with Gasteiger partial charge in [-0.1, -0.05) is 30.3 Å². The molecule has 18 heavy (non-hydrogen) atoms. The largest absolute Gasteiger partial charge is 0.484 e. The van der Waals surface area contributed by atoms with E-state index in [9.17, 15) is 0 Å². The lowest BCUT2D eigenvalue weighted by molar-refractivity contribution is 0.303. The van der Waals surface area contributed by atoms with Crippen LogP contribution in [0, 0.1) is 18.3 Å². The van der Waals surface area contributed by atoms with Gasteiger partial charge < -0.3 is 4.74 Å². The Morgan fingerprint density at radius 3 is 2.67 bits per heavy atom. The maximum Gasteiger partial charge on any atom is 0.181 e. The van der Waals surface area contributed by atoms with Crippen LogP contribution in [0.4, 0.5) is 0 Å². The molecule has 0 atom stereocenters. The summed E-state index contributed by atoms with van der Waals surface area (Å²) < 4.78 is 7.38. The monoisotopic (exact) mass is 241 g/mol. The molecule has 0 unspecified atom stereocenters. The van der Waals surface area contributed by atoms with E-state index in [1.807, 2.05) is 44.2 Å². The third kappa shape index (κ3) is 2.35. The standard InChI is InChI=1S/C14H15N3O/c1-3-17-13(9-15)14(11(2)16-17)18-10-12-7-5-4-6-8-12/h4-8H,3,10H2,1-2H3. The SMILES string of the molecule is CCn1nc(C)c(OCc2ccccc2)c1C#N. The van der Waals surface area contributed by atoms with Crippen molar-refractivity contribution < 1.29 is 4.74 Å². The van der Waals surface area contributed by atoms with E-state index in [1.54, 1.807) is 4.68 Å². The molecule has 4 nitrogen and oxygen atoms in total. The molecule has 2 rings (SSSR count). The summed E-state index contributed by atoms with van der Waals surface area (Å²) in [5.41, 5.74) is 2.32. The van der Waals surface area contributed by atoms with Crippen molar-refractivity contribution in [3.63, 3.8) is 0 Å². The van der Waals surface area contributed by atoms with E-state index in [2.05, 4.69) is 11.2 Å². The maximum absolute atomic E-state index is 9.15. The van der Waals surface area contributed by atoms with Crippen molar-refractivity contribution in [1.29, 1.82) is 5.26 Å². The van der Waals surface area contributed by atoms with Gasteiger partial charge >= 0.3 is 0 Å². The first kappa shape index (κ1) is 12.2. The number of aryl methyl sites for hydroxylation is 2. The minimum Gasteiger partial charge on any atom is -0.484 e. The van der Waals surface area contributed by atoms with E-state index >= 15 is 0 Å². The summed E-state index contributed by atoms with van der Waals surface area (Å²) in [7, 11) is 0. The number of aromatic nitrogens is 2. The van der Waals surface area contributed by atoms with E-state index in [-0.39, 0.29) is 0 Å². The van der Waals surface area contributed by atoms with E-state index < -0.39 is 0 Å². The summed E-state index contributed by atoms with van der Waals surface area (Å²) in [4.78, 5) is 0. The van der Waals surface area contributed by atoms with E-state index in [4.69, 9.17) is 10.00 Å². The van der Waals surface area contributed by atoms with Gasteiger partial charge in [0.05, 0.1) is 0 Å². The molecule has 1 heterocycles. The van der Waals surface area contributed by atoms with Crippen LogP contribution in [0.15, 0.2) is 30.3 Å². The molecule has 0 spiro atoms. The van der Waals surface area contributed by atoms with Crippen LogP contribution < -0.4 is 4.74 Å². The Bertz CT molecular complexity index is 567. The summed E-state index contributed by atoms with van der Waals surface area (Å²) >= 11 is 0. The van der Waals surface area contributed by atoms with Crippen LogP contribution in [0.3, 0.4) is 0 Å². The summed E-state index contributed by atoms with van der Waals surface area (Å²) in [5, 5.41) is 13.4. The van der Waals surface area contributed by atoms with Crippen molar-refractivity contribution in [2.24, 2.45) is 0 Å². The molecule has 1 aromatic heterocycles. The van der Waals surface area contributed by atoms with E-state index in [1.165, 1.54) is 0 Å². The predicted octanol–water partition coefficient (Wildman–Crippen LogP) is 2.66. The zero-order valence-corrected chi connectivity index (χ0v) is 10.6. The molecule has 0 N–H and O–H groups in total. The van der Waals surface area contributed by atoms with Crippen LogP contribution in [0.5, 0.6) is 5.75 Å². The number of hydrogen-bond acceptors (Lipinski definition) is 3. The molecular formula is C14H15N3O. The quantitative estimate of drug-likeness (QED) is 0.826. The third-order valence-corrected chi connectivity index (χ3v) is 2.70. The fourth-order valence-electron chi connectivity index (χ4n) is 1.80. The molecule has 0 aliphatic carbocycles. The van der Waals surface area contributed by atoms with Crippen LogP contribution in [0.1, 0.15) is 23.9 Å². The van der Waals surface area contributed by atoms with Gasteiger partial charge in [0, 0.05) is 6.54 Å². The number of nitriles is 1. The Hall–Kier alpha value is -2.28. The topological polar surface area (TPSA) is 50.8 Å². The highest BCUT2D eigenvalue weighted by Crippen LogP contribution is 2.23. The van der Waals surface area contributed by atoms with Crippen molar-refractivity contribution in [3.8, 4) is 11.8 Å². The van der Waals surface area contributed by atoms with Gasteiger partial charge in [0.1, 0.15) is 18.4 Å². The van der Waals surface area contributed by atoms with Gasteiger partial charge in [0.25, 0.3) is 0 Å². The Morgan fingerprint density at radius 2 is 2.06 bits per heavy atom. The molecule has 0 aliphatic rings. The third-order valence-electron chi connectivity index (χ3n) is 2.70. The summed E-state index contributed by atoms with van der Waals surface area (Å²) in [6, 6.07) is 12.0. The van der Waals surface area contributed by atoms with Gasteiger partial charge in [0.15, 0.2) is 11.4 Å². The molecule has 0 aliphatic heterocycles. The molecule has 2 aromatic rings. The number of benzene rings is 1. The van der Waals surface area contributed by atoms with Crippen LogP contribution in [-0.4, -0.2) is 9.78 Å². The van der Waals surface area contributed by atoms with Crippen molar-refractivity contribution in [2.45, 2.75) is 27.0 Å². The number of rotatable bonds is 4. The van der Waals surface area contributed by atoms with Gasteiger partial charge in [-0.3, -0.25) is 4.68 Å². The lowest BCUT2D eigenvalue weighted by Gasteiger charge is -2.05. The number of ether oxygens (including phenoxy) is 1. The molecular weight excluding hydrogens is 226 g/mol. The lowest BCUT2D eigenvalue weighted by Crippen LogP contribution is -2.01. The highest BCUT2D eigenvalue weighted by molar-refractivity contribution is 5.41. The first-order valence-electron chi connectivity index (χ1n) is 5.90. The van der Waals surface area contributed by atoms with E-state index in [0.717, 1.165) is 11.3 Å². The average molecular weight is 241 g/mol. The maximum atomic E-state index is 9.15. The molecule has 4 heteroatoms. The highest BCUT2D eigenvalue weighted by atomic mass is 16.5. The smallest absolute Gasteiger partial charge is 0.181 e. The van der Waals surface area contributed by atoms with Crippen LogP contribution in [-0.2, 0) is 13.2 Å². The van der Waals surface area contributed by atoms with Gasteiger partial charge in [0.2, 0.25) is 0 Å². The molecule has 0 bridgehead atoms. The first-order chi connectivity index (χ1) is 8.76. The summed E-state index contributed by atoms with van der Waals surface area (Å²) in [6.45, 7) is 4.92. The molecule has 0 fully saturated rings. The van der Waals surface area contributed by atoms with Crippen molar-refractivity contribution in [1.82, 2.24) is 9.78 Å². The number of hydrogen-bond donors (Lipinski definition) is 0. The second-order valence-corrected chi connectivity index (χ2v) is 3.96. The molecule has 0 saturated heterocycles.